The van der Waals surface area contributed by atoms with Gasteiger partial charge in [-0.15, -0.1) is 0 Å². The van der Waals surface area contributed by atoms with E-state index in [4.69, 9.17) is 23.7 Å². The Morgan fingerprint density at radius 2 is 1.59 bits per heavy atom. The highest BCUT2D eigenvalue weighted by Gasteiger charge is 2.53. The van der Waals surface area contributed by atoms with E-state index in [2.05, 4.69) is 12.1 Å². The van der Waals surface area contributed by atoms with Crippen LogP contribution in [0.3, 0.4) is 0 Å². The highest BCUT2D eigenvalue weighted by atomic mass is 16.7. The number of hydrogen-bond donors (Lipinski definition) is 6. The molecule has 6 unspecified atom stereocenters. The van der Waals surface area contributed by atoms with E-state index in [-0.39, 0.29) is 6.61 Å². The number of benzene rings is 2. The lowest BCUT2D eigenvalue weighted by atomic mass is 9.96. The molecular weight excluding hydrogens is 516 g/mol. The minimum atomic E-state index is -1.81. The van der Waals surface area contributed by atoms with Crippen LogP contribution < -0.4 is 0 Å². The molecule has 0 bridgehead atoms. The molecule has 2 aromatic rings. The van der Waals surface area contributed by atoms with Crippen molar-refractivity contribution < 1.29 is 59.1 Å². The molecule has 3 aliphatic rings. The van der Waals surface area contributed by atoms with Gasteiger partial charge in [-0.05, 0) is 34.2 Å². The lowest BCUT2D eigenvalue weighted by molar-refractivity contribution is -0.352. The molecule has 2 saturated heterocycles. The Bertz CT molecular complexity index is 1170. The molecule has 2 fully saturated rings. The second-order valence-corrected chi connectivity index (χ2v) is 9.87. The Morgan fingerprint density at radius 1 is 0.872 bits per heavy atom. The van der Waals surface area contributed by atoms with Crippen LogP contribution in [0.5, 0.6) is 0 Å². The Labute approximate surface area is 223 Å². The van der Waals surface area contributed by atoms with Crippen molar-refractivity contribution in [3.8, 4) is 11.1 Å². The second kappa shape index (κ2) is 11.6. The van der Waals surface area contributed by atoms with Crippen molar-refractivity contribution >= 4 is 5.97 Å². The molecule has 0 radical (unpaired) electrons. The molecule has 39 heavy (non-hydrogen) atoms. The molecule has 10 atom stereocenters. The minimum Gasteiger partial charge on any atom is -0.459 e. The van der Waals surface area contributed by atoms with Gasteiger partial charge in [0.1, 0.15) is 49.3 Å². The fourth-order valence-electron chi connectivity index (χ4n) is 5.23. The van der Waals surface area contributed by atoms with Crippen LogP contribution in [0.1, 0.15) is 16.7 Å². The van der Waals surface area contributed by atoms with E-state index < -0.39 is 74.0 Å². The summed E-state index contributed by atoms with van der Waals surface area (Å²) in [6.07, 6.45) is -15.5. The lowest BCUT2D eigenvalue weighted by Gasteiger charge is -2.45. The monoisotopic (exact) mass is 548 g/mol. The normalized spacial score (nSPS) is 35.8. The molecule has 6 N–H and O–H groups in total. The van der Waals surface area contributed by atoms with Crippen LogP contribution in [-0.2, 0) is 41.5 Å². The average Bonchev–Trinajstić information content (AvgIpc) is 3.32. The van der Waals surface area contributed by atoms with Crippen LogP contribution in [-0.4, -0.2) is 112 Å². The maximum absolute atomic E-state index is 13.2. The fourth-order valence-corrected chi connectivity index (χ4v) is 5.23. The molecule has 0 saturated carbocycles. The number of aliphatic hydroxyl groups is 6. The smallest absolute Gasteiger partial charge is 0.338 e. The van der Waals surface area contributed by atoms with E-state index in [0.29, 0.717) is 0 Å². The number of aliphatic hydroxyl groups excluding tert-OH is 6. The Kier molecular flexibility index (Phi) is 8.31. The van der Waals surface area contributed by atoms with E-state index in [1.807, 2.05) is 30.3 Å². The van der Waals surface area contributed by atoms with Gasteiger partial charge < -0.3 is 54.3 Å². The van der Waals surface area contributed by atoms with Gasteiger partial charge in [-0.2, -0.15) is 0 Å². The summed E-state index contributed by atoms with van der Waals surface area (Å²) in [7, 11) is 1.21. The van der Waals surface area contributed by atoms with Gasteiger partial charge in [-0.3, -0.25) is 0 Å². The summed E-state index contributed by atoms with van der Waals surface area (Å²) in [5.41, 5.74) is 5.31. The molecule has 12 heteroatoms. The largest absolute Gasteiger partial charge is 0.459 e. The van der Waals surface area contributed by atoms with Crippen molar-refractivity contribution in [1.29, 1.82) is 0 Å². The van der Waals surface area contributed by atoms with Crippen LogP contribution in [0, 0.1) is 0 Å². The van der Waals surface area contributed by atoms with Gasteiger partial charge in [0.2, 0.25) is 0 Å². The topological polar surface area (TPSA) is 185 Å². The number of rotatable bonds is 7. The number of carbonyl (C=O) groups is 1. The quantitative estimate of drug-likeness (QED) is 0.190. The van der Waals surface area contributed by atoms with E-state index in [9.17, 15) is 35.4 Å². The van der Waals surface area contributed by atoms with Crippen molar-refractivity contribution in [1.82, 2.24) is 0 Å². The van der Waals surface area contributed by atoms with Crippen LogP contribution in [0.25, 0.3) is 11.1 Å². The predicted octanol–water partition coefficient (Wildman–Crippen LogP) is -1.42. The van der Waals surface area contributed by atoms with Crippen LogP contribution in [0.4, 0.5) is 0 Å². The van der Waals surface area contributed by atoms with Crippen molar-refractivity contribution in [3.05, 3.63) is 59.2 Å². The molecule has 0 aromatic heterocycles. The molecule has 12 nitrogen and oxygen atoms in total. The molecule has 2 aromatic carbocycles. The van der Waals surface area contributed by atoms with Crippen LogP contribution in [0.15, 0.2) is 42.5 Å². The minimum absolute atomic E-state index is 0.120. The van der Waals surface area contributed by atoms with Gasteiger partial charge >= 0.3 is 5.97 Å². The SMILES string of the molecule is CO[C@@H]1OC(C(=O)OCc2ccc3c(c2)Cc2ccccc2-3)[C@@H](O[C@@H]2OC(CO)[C@@H](O)C(O)C2O)C(O)C1O. The number of hydrogen-bond acceptors (Lipinski definition) is 12. The fraction of sp³-hybridized carbons (Fsp3) is 0.519. The van der Waals surface area contributed by atoms with Gasteiger partial charge in [-0.1, -0.05) is 42.5 Å². The standard InChI is InChI=1S/C27H32O12/c1-35-26-22(33)20(31)23(38-27-21(32)19(30)18(29)17(10-28)37-27)24(39-26)25(34)36-11-12-6-7-16-14(8-12)9-13-4-2-3-5-15(13)16/h2-8,17-24,26-33H,9-11H2,1H3/t17?,18-,19?,20?,21?,22?,23+,24?,26-,27+/m1/s1. The first-order valence-electron chi connectivity index (χ1n) is 12.6. The van der Waals surface area contributed by atoms with E-state index in [0.717, 1.165) is 28.7 Å². The van der Waals surface area contributed by atoms with Gasteiger partial charge in [0, 0.05) is 7.11 Å². The first-order chi connectivity index (χ1) is 18.7. The number of methoxy groups -OCH3 is 1. The molecule has 0 spiro atoms. The van der Waals surface area contributed by atoms with E-state index >= 15 is 0 Å². The maximum atomic E-state index is 13.2. The Morgan fingerprint density at radius 3 is 2.33 bits per heavy atom. The molecule has 212 valence electrons. The van der Waals surface area contributed by atoms with Gasteiger partial charge in [-0.25, -0.2) is 4.79 Å². The highest BCUT2D eigenvalue weighted by molar-refractivity contribution is 5.77. The van der Waals surface area contributed by atoms with Crippen LogP contribution >= 0.6 is 0 Å². The Hall–Kier alpha value is -2.49. The summed E-state index contributed by atoms with van der Waals surface area (Å²) < 4.78 is 27.0. The van der Waals surface area contributed by atoms with Gasteiger partial charge in [0.15, 0.2) is 18.7 Å². The Balaban J connectivity index is 1.30. The molecule has 0 amide bonds. The zero-order valence-electron chi connectivity index (χ0n) is 21.1. The third kappa shape index (κ3) is 5.33. The van der Waals surface area contributed by atoms with Crippen molar-refractivity contribution in [3.63, 3.8) is 0 Å². The van der Waals surface area contributed by atoms with Gasteiger partial charge in [0.25, 0.3) is 0 Å². The summed E-state index contributed by atoms with van der Waals surface area (Å²) in [5, 5.41) is 61.0. The summed E-state index contributed by atoms with van der Waals surface area (Å²) in [4.78, 5) is 13.2. The number of carbonyl (C=O) groups excluding carboxylic acids is 1. The maximum Gasteiger partial charge on any atom is 0.338 e. The number of esters is 1. The third-order valence-corrected chi connectivity index (χ3v) is 7.39. The molecule has 5 rings (SSSR count). The lowest BCUT2D eigenvalue weighted by Crippen LogP contribution is -2.65. The predicted molar refractivity (Wildman–Crippen MR) is 131 cm³/mol. The first-order valence-corrected chi connectivity index (χ1v) is 12.6. The van der Waals surface area contributed by atoms with E-state index in [1.54, 1.807) is 0 Å². The molecule has 2 heterocycles. The average molecular weight is 549 g/mol. The number of ether oxygens (including phenoxy) is 5. The second-order valence-electron chi connectivity index (χ2n) is 9.87. The van der Waals surface area contributed by atoms with E-state index in [1.165, 1.54) is 12.7 Å². The number of fused-ring (bicyclic) bond motifs is 3. The van der Waals surface area contributed by atoms with Crippen LogP contribution in [0.2, 0.25) is 0 Å². The molecule has 2 aliphatic heterocycles. The van der Waals surface area contributed by atoms with Crippen molar-refractivity contribution in [2.75, 3.05) is 13.7 Å². The summed E-state index contributed by atoms with van der Waals surface area (Å²) in [6.45, 7) is -0.828. The van der Waals surface area contributed by atoms with Gasteiger partial charge in [0.05, 0.1) is 6.61 Å². The summed E-state index contributed by atoms with van der Waals surface area (Å²) in [6, 6.07) is 13.8. The summed E-state index contributed by atoms with van der Waals surface area (Å²) >= 11 is 0. The molecule has 1 aliphatic carbocycles. The third-order valence-electron chi connectivity index (χ3n) is 7.39. The van der Waals surface area contributed by atoms with Crippen molar-refractivity contribution in [2.45, 2.75) is 74.4 Å². The zero-order valence-corrected chi connectivity index (χ0v) is 21.1. The zero-order chi connectivity index (χ0) is 27.8. The molecular formula is C27H32O12. The van der Waals surface area contributed by atoms with Crippen molar-refractivity contribution in [2.24, 2.45) is 0 Å². The highest BCUT2D eigenvalue weighted by Crippen LogP contribution is 2.37. The summed E-state index contributed by atoms with van der Waals surface area (Å²) in [5.74, 6) is -0.943. The first kappa shape index (κ1) is 28.1.